The van der Waals surface area contributed by atoms with Crippen LogP contribution in [0.25, 0.3) is 0 Å². The number of sulfonamides is 1. The first-order valence-electron chi connectivity index (χ1n) is 6.19. The Balaban J connectivity index is 2.56. The molecule has 0 saturated carbocycles. The monoisotopic (exact) mass is 295 g/mol. The summed E-state index contributed by atoms with van der Waals surface area (Å²) in [4.78, 5) is 0.170. The Morgan fingerprint density at radius 2 is 1.62 bits per heavy atom. The topological polar surface area (TPSA) is 37.4 Å². The molecule has 0 radical (unpaired) electrons. The van der Waals surface area contributed by atoms with E-state index in [0.29, 0.717) is 5.69 Å². The molecule has 2 rings (SSSR count). The fraction of sp³-hybridized carbons (Fsp3) is 0.0588. The summed E-state index contributed by atoms with van der Waals surface area (Å²) >= 11 is 0. The first kappa shape index (κ1) is 14.7. The van der Waals surface area contributed by atoms with Gasteiger partial charge in [-0.2, -0.15) is 4.31 Å². The van der Waals surface area contributed by atoms with Crippen molar-refractivity contribution in [3.63, 3.8) is 0 Å². The number of terminal acetylenes is 1. The van der Waals surface area contributed by atoms with E-state index < -0.39 is 10.0 Å². The van der Waals surface area contributed by atoms with Crippen LogP contribution in [0, 0.1) is 31.2 Å². The first-order valence-corrected chi connectivity index (χ1v) is 7.63. The number of nitrogens with zero attached hydrogens (tertiary/aromatic N) is 1. The van der Waals surface area contributed by atoms with Crippen LogP contribution >= 0.6 is 0 Å². The maximum atomic E-state index is 12.7. The van der Waals surface area contributed by atoms with Gasteiger partial charge in [-0.3, -0.25) is 0 Å². The van der Waals surface area contributed by atoms with Crippen molar-refractivity contribution in [1.82, 2.24) is 0 Å². The molecule has 0 unspecified atom stereocenters. The number of anilines is 1. The molecule has 0 N–H and O–H groups in total. The Labute approximate surface area is 125 Å². The first-order chi connectivity index (χ1) is 10.1. The minimum absolute atomic E-state index is 0.170. The minimum Gasteiger partial charge on any atom is -0.200 e. The van der Waals surface area contributed by atoms with Crippen molar-refractivity contribution in [1.29, 1.82) is 0 Å². The summed E-state index contributed by atoms with van der Waals surface area (Å²) < 4.78 is 26.4. The van der Waals surface area contributed by atoms with Crippen molar-refractivity contribution < 1.29 is 8.42 Å². The zero-order valence-corrected chi connectivity index (χ0v) is 12.3. The summed E-state index contributed by atoms with van der Waals surface area (Å²) in [5, 5.41) is 0. The summed E-state index contributed by atoms with van der Waals surface area (Å²) in [6, 6.07) is 17.7. The predicted octanol–water partition coefficient (Wildman–Crippen LogP) is 2.78. The van der Waals surface area contributed by atoms with Crippen LogP contribution in [-0.2, 0) is 10.0 Å². The third-order valence-electron chi connectivity index (χ3n) is 2.78. The number of aryl methyl sites for hydroxylation is 1. The van der Waals surface area contributed by atoms with Crippen LogP contribution in [0.1, 0.15) is 5.56 Å². The lowest BCUT2D eigenvalue weighted by atomic mass is 10.2. The fourth-order valence-electron chi connectivity index (χ4n) is 1.73. The van der Waals surface area contributed by atoms with E-state index in [1.165, 1.54) is 0 Å². The van der Waals surface area contributed by atoms with Gasteiger partial charge in [0.25, 0.3) is 10.0 Å². The maximum Gasteiger partial charge on any atom is 0.275 e. The van der Waals surface area contributed by atoms with Crippen LogP contribution in [0.3, 0.4) is 0 Å². The molecule has 0 aromatic heterocycles. The van der Waals surface area contributed by atoms with Crippen LogP contribution in [0.2, 0.25) is 0 Å². The van der Waals surface area contributed by atoms with Crippen LogP contribution in [0.5, 0.6) is 0 Å². The van der Waals surface area contributed by atoms with Gasteiger partial charge in [0.05, 0.1) is 10.6 Å². The molecule has 0 bridgehead atoms. The summed E-state index contributed by atoms with van der Waals surface area (Å²) in [6.45, 7) is 1.89. The van der Waals surface area contributed by atoms with E-state index in [1.807, 2.05) is 6.92 Å². The van der Waals surface area contributed by atoms with Crippen molar-refractivity contribution >= 4 is 15.7 Å². The average Bonchev–Trinajstić information content (AvgIpc) is 2.49. The van der Waals surface area contributed by atoms with Crippen LogP contribution in [-0.4, -0.2) is 8.42 Å². The van der Waals surface area contributed by atoms with Crippen molar-refractivity contribution in [2.75, 3.05) is 4.31 Å². The third kappa shape index (κ3) is 3.25. The Kier molecular flexibility index (Phi) is 4.33. The lowest BCUT2D eigenvalue weighted by Gasteiger charge is -2.17. The average molecular weight is 295 g/mol. The van der Waals surface area contributed by atoms with E-state index in [9.17, 15) is 8.42 Å². The Bertz CT molecular complexity index is 820. The Morgan fingerprint density at radius 3 is 2.19 bits per heavy atom. The largest absolute Gasteiger partial charge is 0.275 e. The van der Waals surface area contributed by atoms with Crippen molar-refractivity contribution in [3.05, 3.63) is 60.2 Å². The maximum absolute atomic E-state index is 12.7. The van der Waals surface area contributed by atoms with E-state index in [0.717, 1.165) is 9.87 Å². The predicted molar refractivity (Wildman–Crippen MR) is 83.9 cm³/mol. The highest BCUT2D eigenvalue weighted by Gasteiger charge is 2.23. The van der Waals surface area contributed by atoms with Crippen LogP contribution in [0.15, 0.2) is 59.5 Å². The van der Waals surface area contributed by atoms with Gasteiger partial charge < -0.3 is 0 Å². The highest BCUT2D eigenvalue weighted by molar-refractivity contribution is 7.93. The Morgan fingerprint density at radius 1 is 1.00 bits per heavy atom. The van der Waals surface area contributed by atoms with Gasteiger partial charge in [-0.25, -0.2) is 8.42 Å². The fourth-order valence-corrected chi connectivity index (χ4v) is 2.98. The molecule has 0 atom stereocenters. The highest BCUT2D eigenvalue weighted by Crippen LogP contribution is 2.22. The third-order valence-corrected chi connectivity index (χ3v) is 4.43. The zero-order chi connectivity index (χ0) is 15.3. The lowest BCUT2D eigenvalue weighted by Crippen LogP contribution is -2.26. The van der Waals surface area contributed by atoms with Crippen LogP contribution in [0.4, 0.5) is 5.69 Å². The number of hydrogen-bond donors (Lipinski definition) is 0. The molecule has 0 amide bonds. The van der Waals surface area contributed by atoms with Gasteiger partial charge in [-0.05, 0) is 37.1 Å². The molecular formula is C17H13NO2S. The molecule has 104 valence electrons. The van der Waals surface area contributed by atoms with Crippen molar-refractivity contribution in [2.45, 2.75) is 11.8 Å². The number of para-hydroxylation sites is 1. The molecule has 2 aromatic rings. The number of hydrogen-bond acceptors (Lipinski definition) is 2. The van der Waals surface area contributed by atoms with E-state index in [4.69, 9.17) is 6.42 Å². The summed E-state index contributed by atoms with van der Waals surface area (Å²) in [6.07, 6.45) is 5.11. The molecule has 0 fully saturated rings. The summed E-state index contributed by atoms with van der Waals surface area (Å²) in [7, 11) is -3.78. The molecule has 0 aliphatic rings. The summed E-state index contributed by atoms with van der Waals surface area (Å²) in [5.41, 5.74) is 1.43. The molecule has 0 aliphatic carbocycles. The quantitative estimate of drug-likeness (QED) is 0.645. The second-order valence-electron chi connectivity index (χ2n) is 4.30. The smallest absolute Gasteiger partial charge is 0.200 e. The Hall–Kier alpha value is -2.69. The minimum atomic E-state index is -3.78. The summed E-state index contributed by atoms with van der Waals surface area (Å²) in [5.74, 6) is 4.49. The van der Waals surface area contributed by atoms with Crippen molar-refractivity contribution in [2.24, 2.45) is 0 Å². The van der Waals surface area contributed by atoms with Gasteiger partial charge in [0, 0.05) is 12.0 Å². The second-order valence-corrected chi connectivity index (χ2v) is 6.09. The lowest BCUT2D eigenvalue weighted by molar-refractivity contribution is 0.596. The van der Waals surface area contributed by atoms with E-state index in [1.54, 1.807) is 54.6 Å². The molecule has 0 saturated heterocycles. The standard InChI is InChI=1S/C17H13NO2S/c1-3-4-14-18(16-8-6-5-7-9-16)21(19,20)17-12-10-15(2)11-13-17/h1,5-13H,2H3. The van der Waals surface area contributed by atoms with Gasteiger partial charge in [0.2, 0.25) is 0 Å². The van der Waals surface area contributed by atoms with Crippen molar-refractivity contribution in [3.8, 4) is 24.3 Å². The normalized spacial score (nSPS) is 10.1. The van der Waals surface area contributed by atoms with E-state index in [-0.39, 0.29) is 4.90 Å². The molecule has 0 aliphatic heterocycles. The molecule has 4 heteroatoms. The van der Waals surface area contributed by atoms with E-state index >= 15 is 0 Å². The van der Waals surface area contributed by atoms with E-state index in [2.05, 4.69) is 17.9 Å². The molecule has 0 spiro atoms. The molecule has 2 aromatic carbocycles. The van der Waals surface area contributed by atoms with Gasteiger partial charge in [-0.1, -0.05) is 35.9 Å². The highest BCUT2D eigenvalue weighted by atomic mass is 32.2. The zero-order valence-electron chi connectivity index (χ0n) is 11.4. The molecule has 21 heavy (non-hydrogen) atoms. The number of rotatable bonds is 3. The molecule has 0 heterocycles. The number of benzene rings is 2. The SMILES string of the molecule is C#CC#CN(c1ccccc1)S(=O)(=O)c1ccc(C)cc1. The van der Waals surface area contributed by atoms with Gasteiger partial charge in [0.15, 0.2) is 0 Å². The molecule has 3 nitrogen and oxygen atoms in total. The van der Waals surface area contributed by atoms with Crippen LogP contribution < -0.4 is 4.31 Å². The molecular weight excluding hydrogens is 282 g/mol. The van der Waals surface area contributed by atoms with Gasteiger partial charge in [-0.15, -0.1) is 6.42 Å². The second kappa shape index (κ2) is 6.17. The van der Waals surface area contributed by atoms with Gasteiger partial charge in [0.1, 0.15) is 0 Å². The van der Waals surface area contributed by atoms with Gasteiger partial charge >= 0.3 is 0 Å².